The number of methoxy groups -OCH3 is 1. The highest BCUT2D eigenvalue weighted by Crippen LogP contribution is 2.25. The molecule has 1 aliphatic heterocycles. The Bertz CT molecular complexity index is 381. The molecular weight excluding hydrogens is 258 g/mol. The van der Waals surface area contributed by atoms with Gasteiger partial charge in [0.25, 0.3) is 0 Å². The van der Waals surface area contributed by atoms with Gasteiger partial charge in [0, 0.05) is 26.3 Å². The molecule has 1 saturated heterocycles. The zero-order chi connectivity index (χ0) is 13.8. The lowest BCUT2D eigenvalue weighted by molar-refractivity contribution is -0.143. The average molecular weight is 279 g/mol. The number of carboxylic acid groups (broad SMARTS) is 1. The van der Waals surface area contributed by atoms with E-state index in [0.717, 1.165) is 0 Å². The maximum atomic E-state index is 12.1. The number of rotatable bonds is 6. The number of nitrogens with zero attached hydrogens (tertiary/aromatic N) is 1. The van der Waals surface area contributed by atoms with Crippen LogP contribution in [0.2, 0.25) is 0 Å². The van der Waals surface area contributed by atoms with Crippen LogP contribution in [-0.2, 0) is 19.6 Å². The fraction of sp³-hybridized carbons (Fsp3) is 0.909. The molecule has 1 rings (SSSR count). The molecule has 0 bridgehead atoms. The van der Waals surface area contributed by atoms with E-state index in [1.165, 1.54) is 11.4 Å². The average Bonchev–Trinajstić information content (AvgIpc) is 2.28. The van der Waals surface area contributed by atoms with Crippen LogP contribution in [0.1, 0.15) is 26.2 Å². The second-order valence-corrected chi connectivity index (χ2v) is 6.72. The molecule has 106 valence electrons. The van der Waals surface area contributed by atoms with Crippen LogP contribution >= 0.6 is 0 Å². The Balaban J connectivity index is 2.59. The maximum Gasteiger partial charge on any atom is 0.306 e. The summed E-state index contributed by atoms with van der Waals surface area (Å²) < 4.78 is 30.4. The summed E-state index contributed by atoms with van der Waals surface area (Å²) in [5.41, 5.74) is 0. The molecule has 1 fully saturated rings. The minimum Gasteiger partial charge on any atom is -0.481 e. The van der Waals surface area contributed by atoms with Crippen molar-refractivity contribution in [2.45, 2.75) is 32.2 Å². The van der Waals surface area contributed by atoms with Crippen molar-refractivity contribution in [3.8, 4) is 0 Å². The summed E-state index contributed by atoms with van der Waals surface area (Å²) in [4.78, 5) is 10.9. The Kier molecular flexibility index (Phi) is 5.55. The SMILES string of the molecule is COCCCS(=O)(=O)N1CCC(C(=O)O)CC1C. The number of hydrogen-bond acceptors (Lipinski definition) is 4. The molecule has 0 radical (unpaired) electrons. The van der Waals surface area contributed by atoms with Crippen LogP contribution in [0.15, 0.2) is 0 Å². The van der Waals surface area contributed by atoms with Gasteiger partial charge in [0.15, 0.2) is 0 Å². The van der Waals surface area contributed by atoms with Gasteiger partial charge in [-0.15, -0.1) is 0 Å². The van der Waals surface area contributed by atoms with Crippen LogP contribution in [0.5, 0.6) is 0 Å². The van der Waals surface area contributed by atoms with Gasteiger partial charge in [-0.05, 0) is 26.2 Å². The van der Waals surface area contributed by atoms with Gasteiger partial charge in [-0.1, -0.05) is 0 Å². The summed E-state index contributed by atoms with van der Waals surface area (Å²) in [7, 11) is -1.76. The highest BCUT2D eigenvalue weighted by molar-refractivity contribution is 7.89. The van der Waals surface area contributed by atoms with Gasteiger partial charge in [0.1, 0.15) is 0 Å². The molecule has 2 unspecified atom stereocenters. The maximum absolute atomic E-state index is 12.1. The first-order valence-corrected chi connectivity index (χ1v) is 7.70. The van der Waals surface area contributed by atoms with Crippen LogP contribution in [0, 0.1) is 5.92 Å². The van der Waals surface area contributed by atoms with Crippen molar-refractivity contribution in [1.82, 2.24) is 4.31 Å². The molecule has 0 aliphatic carbocycles. The topological polar surface area (TPSA) is 83.9 Å². The number of ether oxygens (including phenoxy) is 1. The van der Waals surface area contributed by atoms with Crippen molar-refractivity contribution < 1.29 is 23.1 Å². The number of carbonyl (C=O) groups is 1. The Hall–Kier alpha value is -0.660. The molecule has 1 N–H and O–H groups in total. The zero-order valence-corrected chi connectivity index (χ0v) is 11.6. The van der Waals surface area contributed by atoms with Crippen molar-refractivity contribution in [3.05, 3.63) is 0 Å². The second kappa shape index (κ2) is 6.49. The van der Waals surface area contributed by atoms with E-state index in [1.807, 2.05) is 0 Å². The third-order valence-corrected chi connectivity index (χ3v) is 5.33. The van der Waals surface area contributed by atoms with Crippen LogP contribution in [0.3, 0.4) is 0 Å². The molecule has 0 amide bonds. The first kappa shape index (κ1) is 15.4. The van der Waals surface area contributed by atoms with Crippen molar-refractivity contribution in [1.29, 1.82) is 0 Å². The quantitative estimate of drug-likeness (QED) is 0.717. The predicted octanol–water partition coefficient (Wildman–Crippen LogP) is 0.538. The summed E-state index contributed by atoms with van der Waals surface area (Å²) in [5.74, 6) is -1.20. The monoisotopic (exact) mass is 279 g/mol. The summed E-state index contributed by atoms with van der Waals surface area (Å²) >= 11 is 0. The van der Waals surface area contributed by atoms with Crippen molar-refractivity contribution in [2.75, 3.05) is 26.0 Å². The lowest BCUT2D eigenvalue weighted by Crippen LogP contribution is -2.46. The molecule has 0 spiro atoms. The Morgan fingerprint density at radius 2 is 2.17 bits per heavy atom. The van der Waals surface area contributed by atoms with E-state index in [0.29, 0.717) is 32.4 Å². The third-order valence-electron chi connectivity index (χ3n) is 3.27. The summed E-state index contributed by atoms with van der Waals surface area (Å²) in [6.07, 6.45) is 1.24. The molecule has 2 atom stereocenters. The highest BCUT2D eigenvalue weighted by atomic mass is 32.2. The first-order chi connectivity index (χ1) is 8.38. The van der Waals surface area contributed by atoms with Gasteiger partial charge in [-0.3, -0.25) is 4.79 Å². The second-order valence-electron chi connectivity index (χ2n) is 4.68. The minimum atomic E-state index is -3.29. The highest BCUT2D eigenvalue weighted by Gasteiger charge is 2.35. The molecule has 0 aromatic rings. The van der Waals surface area contributed by atoms with E-state index in [4.69, 9.17) is 9.84 Å². The first-order valence-electron chi connectivity index (χ1n) is 6.09. The van der Waals surface area contributed by atoms with Crippen LogP contribution < -0.4 is 0 Å². The molecule has 0 aromatic heterocycles. The standard InChI is InChI=1S/C11H21NO5S/c1-9-8-10(11(13)14)4-5-12(9)18(15,16)7-3-6-17-2/h9-10H,3-8H2,1-2H3,(H,13,14). The van der Waals surface area contributed by atoms with Gasteiger partial charge in [-0.25, -0.2) is 8.42 Å². The van der Waals surface area contributed by atoms with Crippen molar-refractivity contribution in [3.63, 3.8) is 0 Å². The van der Waals surface area contributed by atoms with Gasteiger partial charge in [0.2, 0.25) is 10.0 Å². The molecule has 1 aliphatic rings. The Morgan fingerprint density at radius 1 is 1.50 bits per heavy atom. The summed E-state index contributed by atoms with van der Waals surface area (Å²) in [6.45, 7) is 2.48. The van der Waals surface area contributed by atoms with Crippen LogP contribution in [-0.4, -0.2) is 55.9 Å². The molecular formula is C11H21NO5S. The smallest absolute Gasteiger partial charge is 0.306 e. The van der Waals surface area contributed by atoms with E-state index in [9.17, 15) is 13.2 Å². The molecule has 0 aromatic carbocycles. The fourth-order valence-electron chi connectivity index (χ4n) is 2.29. The molecule has 18 heavy (non-hydrogen) atoms. The van der Waals surface area contributed by atoms with Gasteiger partial charge < -0.3 is 9.84 Å². The van der Waals surface area contributed by atoms with Gasteiger partial charge >= 0.3 is 5.97 Å². The van der Waals surface area contributed by atoms with Crippen LogP contribution in [0.25, 0.3) is 0 Å². The zero-order valence-electron chi connectivity index (χ0n) is 10.8. The number of carboxylic acids is 1. The van der Waals surface area contributed by atoms with Crippen LogP contribution in [0.4, 0.5) is 0 Å². The fourth-order valence-corrected chi connectivity index (χ4v) is 4.03. The summed E-state index contributed by atoms with van der Waals surface area (Å²) in [6, 6.07) is -0.243. The van der Waals surface area contributed by atoms with E-state index in [2.05, 4.69) is 0 Å². The predicted molar refractivity (Wildman–Crippen MR) is 66.8 cm³/mol. The molecule has 6 nitrogen and oxygen atoms in total. The molecule has 1 heterocycles. The largest absolute Gasteiger partial charge is 0.481 e. The number of aliphatic carboxylic acids is 1. The summed E-state index contributed by atoms with van der Waals surface area (Å²) in [5, 5.41) is 8.93. The Morgan fingerprint density at radius 3 is 2.67 bits per heavy atom. The molecule has 7 heteroatoms. The van der Waals surface area contributed by atoms with E-state index < -0.39 is 21.9 Å². The lowest BCUT2D eigenvalue weighted by atomic mass is 9.93. The Labute approximate surface area is 108 Å². The van der Waals surface area contributed by atoms with Gasteiger partial charge in [-0.2, -0.15) is 4.31 Å². The number of piperidine rings is 1. The van der Waals surface area contributed by atoms with E-state index in [-0.39, 0.29) is 11.8 Å². The third kappa shape index (κ3) is 3.93. The van der Waals surface area contributed by atoms with E-state index in [1.54, 1.807) is 6.92 Å². The van der Waals surface area contributed by atoms with Gasteiger partial charge in [0.05, 0.1) is 11.7 Å². The van der Waals surface area contributed by atoms with Crippen molar-refractivity contribution >= 4 is 16.0 Å². The molecule has 0 saturated carbocycles. The lowest BCUT2D eigenvalue weighted by Gasteiger charge is -2.35. The minimum absolute atomic E-state index is 0.0585. The normalized spacial score (nSPS) is 26.1. The van der Waals surface area contributed by atoms with Crippen molar-refractivity contribution in [2.24, 2.45) is 5.92 Å². The van der Waals surface area contributed by atoms with E-state index >= 15 is 0 Å². The number of sulfonamides is 1. The number of hydrogen-bond donors (Lipinski definition) is 1.